The Kier molecular flexibility index (Phi) is 5.36. The Balaban J connectivity index is 1.87. The summed E-state index contributed by atoms with van der Waals surface area (Å²) in [7, 11) is 1.41. The lowest BCUT2D eigenvalue weighted by Gasteiger charge is -2.09. The standard InChI is InChI=1S/C19H16BrFN4O2/c1-11-16(10-23-25(11)14-5-3-4-12(20)8-14)19(27)24-13-6-7-17(21)15(9-13)18(26)22-2/h3-10H,1-2H3,(H,22,26)(H,24,27). The fraction of sp³-hybridized carbons (Fsp3) is 0.105. The zero-order valence-corrected chi connectivity index (χ0v) is 16.2. The van der Waals surface area contributed by atoms with Crippen LogP contribution >= 0.6 is 15.9 Å². The molecule has 138 valence electrons. The number of benzene rings is 2. The summed E-state index contributed by atoms with van der Waals surface area (Å²) in [6, 6.07) is 11.4. The number of hydrogen-bond acceptors (Lipinski definition) is 3. The molecule has 27 heavy (non-hydrogen) atoms. The van der Waals surface area contributed by atoms with Gasteiger partial charge in [0, 0.05) is 17.2 Å². The van der Waals surface area contributed by atoms with E-state index in [1.54, 1.807) is 11.6 Å². The average molecular weight is 431 g/mol. The van der Waals surface area contributed by atoms with Crippen LogP contribution in [0.5, 0.6) is 0 Å². The van der Waals surface area contributed by atoms with E-state index in [0.29, 0.717) is 16.9 Å². The molecule has 0 bridgehead atoms. The van der Waals surface area contributed by atoms with Crippen LogP contribution in [0.3, 0.4) is 0 Å². The summed E-state index contributed by atoms with van der Waals surface area (Å²) >= 11 is 3.41. The maximum Gasteiger partial charge on any atom is 0.259 e. The van der Waals surface area contributed by atoms with E-state index in [0.717, 1.165) is 16.2 Å². The van der Waals surface area contributed by atoms with E-state index in [9.17, 15) is 14.0 Å². The summed E-state index contributed by atoms with van der Waals surface area (Å²) in [5, 5.41) is 9.31. The fourth-order valence-corrected chi connectivity index (χ4v) is 3.00. The third kappa shape index (κ3) is 3.90. The van der Waals surface area contributed by atoms with Crippen LogP contribution < -0.4 is 10.6 Å². The molecule has 1 aromatic heterocycles. The maximum absolute atomic E-state index is 13.8. The minimum atomic E-state index is -0.661. The van der Waals surface area contributed by atoms with Crippen molar-refractivity contribution in [2.45, 2.75) is 6.92 Å². The second-order valence-electron chi connectivity index (χ2n) is 5.76. The highest BCUT2D eigenvalue weighted by atomic mass is 79.9. The molecule has 0 aliphatic carbocycles. The van der Waals surface area contributed by atoms with Crippen molar-refractivity contribution >= 4 is 33.4 Å². The van der Waals surface area contributed by atoms with Gasteiger partial charge in [-0.3, -0.25) is 9.59 Å². The van der Waals surface area contributed by atoms with E-state index in [2.05, 4.69) is 31.7 Å². The molecule has 0 aliphatic rings. The molecule has 8 heteroatoms. The first-order valence-electron chi connectivity index (χ1n) is 8.04. The Bertz CT molecular complexity index is 1030. The van der Waals surface area contributed by atoms with E-state index < -0.39 is 17.6 Å². The van der Waals surface area contributed by atoms with Crippen LogP contribution in [0.4, 0.5) is 10.1 Å². The fourth-order valence-electron chi connectivity index (χ4n) is 2.61. The second-order valence-corrected chi connectivity index (χ2v) is 6.68. The van der Waals surface area contributed by atoms with Gasteiger partial charge in [-0.15, -0.1) is 0 Å². The Hall–Kier alpha value is -3.00. The van der Waals surface area contributed by atoms with Crippen LogP contribution in [0, 0.1) is 12.7 Å². The lowest BCUT2D eigenvalue weighted by atomic mass is 10.1. The molecule has 0 atom stereocenters. The van der Waals surface area contributed by atoms with Gasteiger partial charge in [0.1, 0.15) is 5.82 Å². The SMILES string of the molecule is CNC(=O)c1cc(NC(=O)c2cnn(-c3cccc(Br)c3)c2C)ccc1F. The summed E-state index contributed by atoms with van der Waals surface area (Å²) in [5.74, 6) is -1.63. The van der Waals surface area contributed by atoms with Gasteiger partial charge in [-0.25, -0.2) is 9.07 Å². The Morgan fingerprint density at radius 1 is 1.11 bits per heavy atom. The Morgan fingerprint density at radius 2 is 1.89 bits per heavy atom. The van der Waals surface area contributed by atoms with Gasteiger partial charge in [-0.1, -0.05) is 22.0 Å². The van der Waals surface area contributed by atoms with Crippen LogP contribution in [-0.4, -0.2) is 28.6 Å². The minimum absolute atomic E-state index is 0.142. The smallest absolute Gasteiger partial charge is 0.259 e. The first-order chi connectivity index (χ1) is 12.9. The highest BCUT2D eigenvalue weighted by Crippen LogP contribution is 2.20. The molecule has 0 saturated heterocycles. The molecule has 6 nitrogen and oxygen atoms in total. The number of amides is 2. The third-order valence-electron chi connectivity index (χ3n) is 4.00. The molecule has 2 aromatic carbocycles. The Morgan fingerprint density at radius 3 is 2.59 bits per heavy atom. The van der Waals surface area contributed by atoms with Crippen molar-refractivity contribution in [2.24, 2.45) is 0 Å². The molecule has 3 aromatic rings. The first kappa shape index (κ1) is 18.8. The third-order valence-corrected chi connectivity index (χ3v) is 4.50. The molecule has 0 aliphatic heterocycles. The number of hydrogen-bond donors (Lipinski definition) is 2. The summed E-state index contributed by atoms with van der Waals surface area (Å²) in [6.45, 7) is 1.78. The van der Waals surface area contributed by atoms with E-state index in [4.69, 9.17) is 0 Å². The molecule has 1 heterocycles. The number of nitrogens with zero attached hydrogens (tertiary/aromatic N) is 2. The lowest BCUT2D eigenvalue weighted by molar-refractivity contribution is 0.0957. The van der Waals surface area contributed by atoms with Crippen LogP contribution in [0.15, 0.2) is 53.1 Å². The summed E-state index contributed by atoms with van der Waals surface area (Å²) < 4.78 is 16.3. The number of halogens is 2. The number of carbonyl (C=O) groups excluding carboxylic acids is 2. The predicted octanol–water partition coefficient (Wildman–Crippen LogP) is 3.69. The Labute approximate surface area is 163 Å². The van der Waals surface area contributed by atoms with Crippen molar-refractivity contribution in [3.63, 3.8) is 0 Å². The second kappa shape index (κ2) is 7.71. The van der Waals surface area contributed by atoms with Crippen LogP contribution in [0.1, 0.15) is 26.4 Å². The summed E-state index contributed by atoms with van der Waals surface area (Å²) in [5.41, 5.74) is 2.01. The van der Waals surface area contributed by atoms with E-state index in [1.807, 2.05) is 24.3 Å². The zero-order chi connectivity index (χ0) is 19.6. The van der Waals surface area contributed by atoms with Crippen LogP contribution in [0.25, 0.3) is 5.69 Å². The van der Waals surface area contributed by atoms with Gasteiger partial charge >= 0.3 is 0 Å². The maximum atomic E-state index is 13.8. The highest BCUT2D eigenvalue weighted by molar-refractivity contribution is 9.10. The molecule has 2 N–H and O–H groups in total. The van der Waals surface area contributed by atoms with Crippen molar-refractivity contribution in [3.05, 3.63) is 75.8 Å². The zero-order valence-electron chi connectivity index (χ0n) is 14.6. The summed E-state index contributed by atoms with van der Waals surface area (Å²) in [4.78, 5) is 24.3. The quantitative estimate of drug-likeness (QED) is 0.662. The number of carbonyl (C=O) groups is 2. The van der Waals surface area contributed by atoms with Gasteiger partial charge in [-0.05, 0) is 43.3 Å². The molecular formula is C19H16BrFN4O2. The molecular weight excluding hydrogens is 415 g/mol. The van der Waals surface area contributed by atoms with Gasteiger partial charge < -0.3 is 10.6 Å². The van der Waals surface area contributed by atoms with Crippen molar-refractivity contribution in [1.82, 2.24) is 15.1 Å². The topological polar surface area (TPSA) is 76.0 Å². The predicted molar refractivity (Wildman–Crippen MR) is 104 cm³/mol. The lowest BCUT2D eigenvalue weighted by Crippen LogP contribution is -2.20. The van der Waals surface area contributed by atoms with Gasteiger partial charge in [0.2, 0.25) is 0 Å². The highest BCUT2D eigenvalue weighted by Gasteiger charge is 2.17. The number of anilines is 1. The average Bonchev–Trinajstić information content (AvgIpc) is 3.04. The first-order valence-corrected chi connectivity index (χ1v) is 8.83. The minimum Gasteiger partial charge on any atom is -0.355 e. The van der Waals surface area contributed by atoms with Crippen molar-refractivity contribution < 1.29 is 14.0 Å². The molecule has 0 unspecified atom stereocenters. The monoisotopic (exact) mass is 430 g/mol. The van der Waals surface area contributed by atoms with Gasteiger partial charge in [0.15, 0.2) is 0 Å². The van der Waals surface area contributed by atoms with Crippen LogP contribution in [-0.2, 0) is 0 Å². The summed E-state index contributed by atoms with van der Waals surface area (Å²) in [6.07, 6.45) is 1.47. The molecule has 0 radical (unpaired) electrons. The van der Waals surface area contributed by atoms with Crippen molar-refractivity contribution in [2.75, 3.05) is 12.4 Å². The molecule has 3 rings (SSSR count). The van der Waals surface area contributed by atoms with Gasteiger partial charge in [-0.2, -0.15) is 5.10 Å². The van der Waals surface area contributed by atoms with Crippen molar-refractivity contribution in [3.8, 4) is 5.69 Å². The number of rotatable bonds is 4. The molecule has 0 spiro atoms. The molecule has 2 amide bonds. The van der Waals surface area contributed by atoms with Gasteiger partial charge in [0.05, 0.1) is 28.7 Å². The van der Waals surface area contributed by atoms with Crippen molar-refractivity contribution in [1.29, 1.82) is 0 Å². The molecule has 0 saturated carbocycles. The normalized spacial score (nSPS) is 10.5. The van der Waals surface area contributed by atoms with Crippen LogP contribution in [0.2, 0.25) is 0 Å². The largest absolute Gasteiger partial charge is 0.355 e. The molecule has 0 fully saturated rings. The van der Waals surface area contributed by atoms with E-state index >= 15 is 0 Å². The number of nitrogens with one attached hydrogen (secondary N) is 2. The van der Waals surface area contributed by atoms with E-state index in [1.165, 1.54) is 25.4 Å². The number of aromatic nitrogens is 2. The van der Waals surface area contributed by atoms with E-state index in [-0.39, 0.29) is 5.56 Å². The van der Waals surface area contributed by atoms with Gasteiger partial charge in [0.25, 0.3) is 11.8 Å².